The lowest BCUT2D eigenvalue weighted by Crippen LogP contribution is -2.75. The van der Waals surface area contributed by atoms with Gasteiger partial charge in [-0.1, -0.05) is 25.4 Å². The van der Waals surface area contributed by atoms with Crippen LogP contribution in [0.2, 0.25) is 5.02 Å². The summed E-state index contributed by atoms with van der Waals surface area (Å²) < 4.78 is 1.87. The van der Waals surface area contributed by atoms with Gasteiger partial charge < -0.3 is 15.7 Å². The highest BCUT2D eigenvalue weighted by molar-refractivity contribution is 6.30. The van der Waals surface area contributed by atoms with Crippen LogP contribution in [0.15, 0.2) is 12.4 Å². The lowest BCUT2D eigenvalue weighted by molar-refractivity contribution is -0.169. The van der Waals surface area contributed by atoms with Crippen LogP contribution in [0.25, 0.3) is 0 Å². The first kappa shape index (κ1) is 15.8. The number of amides is 1. The highest BCUT2D eigenvalue weighted by Gasteiger charge is 2.62. The molecule has 0 radical (unpaired) electrons. The first-order valence-corrected chi connectivity index (χ1v) is 8.09. The second-order valence-corrected chi connectivity index (χ2v) is 7.51. The number of aliphatic hydroxyl groups excluding tert-OH is 1. The number of carbonyl (C=O) groups excluding carboxylic acids is 1. The summed E-state index contributed by atoms with van der Waals surface area (Å²) >= 11 is 5.90. The van der Waals surface area contributed by atoms with Crippen molar-refractivity contribution in [3.05, 3.63) is 17.4 Å². The molecule has 6 nitrogen and oxygen atoms in total. The topological polar surface area (TPSA) is 84.4 Å². The zero-order valence-corrected chi connectivity index (χ0v) is 13.8. The van der Waals surface area contributed by atoms with Crippen LogP contribution in [0.5, 0.6) is 0 Å². The smallest absolute Gasteiger partial charge is 0.243 e. The van der Waals surface area contributed by atoms with Crippen LogP contribution in [0.3, 0.4) is 0 Å². The molecular formula is C15H23ClN4O2. The van der Waals surface area contributed by atoms with Gasteiger partial charge in [-0.15, -0.1) is 0 Å². The Labute approximate surface area is 135 Å². The molecule has 1 aromatic rings. The number of halogens is 1. The molecule has 3 N–H and O–H groups in total. The molecule has 0 aromatic carbocycles. The van der Waals surface area contributed by atoms with Crippen molar-refractivity contribution < 1.29 is 9.90 Å². The third-order valence-electron chi connectivity index (χ3n) is 5.58. The first-order chi connectivity index (χ1) is 10.3. The average Bonchev–Trinajstić information content (AvgIpc) is 2.93. The van der Waals surface area contributed by atoms with Crippen LogP contribution in [0, 0.1) is 5.41 Å². The number of aliphatic hydroxyl groups is 1. The largest absolute Gasteiger partial charge is 0.392 e. The van der Waals surface area contributed by atoms with Crippen molar-refractivity contribution in [2.24, 2.45) is 11.1 Å². The monoisotopic (exact) mass is 326 g/mol. The molecule has 122 valence electrons. The molecule has 0 unspecified atom stereocenters. The molecule has 1 aromatic heterocycles. The van der Waals surface area contributed by atoms with E-state index in [1.165, 1.54) is 0 Å². The SMILES string of the molecule is CC1(C)[C@@H](O)C[C@]1(N)C(=O)N1CCC(n2cc(Cl)cn2)CC1. The number of hydrogen-bond donors (Lipinski definition) is 2. The van der Waals surface area contributed by atoms with E-state index >= 15 is 0 Å². The summed E-state index contributed by atoms with van der Waals surface area (Å²) in [5.74, 6) is -0.0419. The molecule has 2 heterocycles. The first-order valence-electron chi connectivity index (χ1n) is 7.71. The fraction of sp³-hybridized carbons (Fsp3) is 0.733. The van der Waals surface area contributed by atoms with E-state index in [-0.39, 0.29) is 11.9 Å². The van der Waals surface area contributed by atoms with E-state index in [2.05, 4.69) is 5.10 Å². The Balaban J connectivity index is 1.63. The van der Waals surface area contributed by atoms with Gasteiger partial charge in [0.25, 0.3) is 0 Å². The van der Waals surface area contributed by atoms with Gasteiger partial charge in [-0.05, 0) is 12.8 Å². The summed E-state index contributed by atoms with van der Waals surface area (Å²) in [6.45, 7) is 5.04. The fourth-order valence-corrected chi connectivity index (χ4v) is 3.63. The van der Waals surface area contributed by atoms with Gasteiger partial charge in [-0.3, -0.25) is 9.48 Å². The highest BCUT2D eigenvalue weighted by atomic mass is 35.5. The zero-order chi connectivity index (χ0) is 16.1. The number of hydrogen-bond acceptors (Lipinski definition) is 4. The van der Waals surface area contributed by atoms with Crippen molar-refractivity contribution in [2.75, 3.05) is 13.1 Å². The van der Waals surface area contributed by atoms with Crippen molar-refractivity contribution >= 4 is 17.5 Å². The number of nitrogens with two attached hydrogens (primary N) is 1. The van der Waals surface area contributed by atoms with Crippen molar-refractivity contribution in [3.8, 4) is 0 Å². The predicted molar refractivity (Wildman–Crippen MR) is 83.4 cm³/mol. The summed E-state index contributed by atoms with van der Waals surface area (Å²) in [5.41, 5.74) is 4.79. The standard InChI is InChI=1S/C15H23ClN4O2/c1-14(2)12(21)7-15(14,17)13(22)19-5-3-11(4-6-19)20-9-10(16)8-18-20/h8-9,11-12,21H,3-7,17H2,1-2H3/t12-,15-/m0/s1. The Kier molecular flexibility index (Phi) is 3.74. The molecule has 1 saturated carbocycles. The molecule has 1 aliphatic heterocycles. The molecule has 1 aliphatic carbocycles. The number of carbonyl (C=O) groups is 1. The third kappa shape index (κ3) is 2.25. The quantitative estimate of drug-likeness (QED) is 0.855. The summed E-state index contributed by atoms with van der Waals surface area (Å²) in [6, 6.07) is 0.269. The molecule has 0 bridgehead atoms. The predicted octanol–water partition coefficient (Wildman–Crippen LogP) is 1.19. The third-order valence-corrected chi connectivity index (χ3v) is 5.77. The fourth-order valence-electron chi connectivity index (χ4n) is 3.48. The van der Waals surface area contributed by atoms with Crippen molar-refractivity contribution in [2.45, 2.75) is 50.8 Å². The Morgan fingerprint density at radius 3 is 2.55 bits per heavy atom. The summed E-state index contributed by atoms with van der Waals surface area (Å²) in [4.78, 5) is 14.6. The van der Waals surface area contributed by atoms with Crippen molar-refractivity contribution in [3.63, 3.8) is 0 Å². The number of rotatable bonds is 2. The minimum Gasteiger partial charge on any atom is -0.392 e. The van der Waals surface area contributed by atoms with E-state index in [1.807, 2.05) is 29.6 Å². The molecule has 22 heavy (non-hydrogen) atoms. The van der Waals surface area contributed by atoms with Gasteiger partial charge in [0.05, 0.1) is 23.4 Å². The summed E-state index contributed by atoms with van der Waals surface area (Å²) in [6.07, 6.45) is 4.95. The maximum Gasteiger partial charge on any atom is 0.243 e. The van der Waals surface area contributed by atoms with Gasteiger partial charge in [0.2, 0.25) is 5.91 Å². The number of aromatic nitrogens is 2. The van der Waals surface area contributed by atoms with E-state index in [4.69, 9.17) is 17.3 Å². The Morgan fingerprint density at radius 2 is 2.09 bits per heavy atom. The highest BCUT2D eigenvalue weighted by Crippen LogP contribution is 2.49. The van der Waals surface area contributed by atoms with Gasteiger partial charge in [0.15, 0.2) is 0 Å². The number of likely N-dealkylation sites (tertiary alicyclic amines) is 1. The van der Waals surface area contributed by atoms with Gasteiger partial charge in [0.1, 0.15) is 5.54 Å². The second kappa shape index (κ2) is 5.22. The molecule has 1 saturated heterocycles. The van der Waals surface area contributed by atoms with E-state index in [9.17, 15) is 9.90 Å². The van der Waals surface area contributed by atoms with Gasteiger partial charge in [0, 0.05) is 31.1 Å². The van der Waals surface area contributed by atoms with Crippen molar-refractivity contribution in [1.82, 2.24) is 14.7 Å². The molecule has 2 fully saturated rings. The molecule has 2 aliphatic rings. The normalized spacial score (nSPS) is 31.9. The number of piperidine rings is 1. The van der Waals surface area contributed by atoms with Crippen LogP contribution < -0.4 is 5.73 Å². The van der Waals surface area contributed by atoms with E-state index < -0.39 is 17.1 Å². The molecule has 1 amide bonds. The molecular weight excluding hydrogens is 304 g/mol. The lowest BCUT2D eigenvalue weighted by Gasteiger charge is -2.57. The Morgan fingerprint density at radius 1 is 1.45 bits per heavy atom. The van der Waals surface area contributed by atoms with Crippen LogP contribution in [0.4, 0.5) is 0 Å². The maximum atomic E-state index is 12.8. The second-order valence-electron chi connectivity index (χ2n) is 7.07. The lowest BCUT2D eigenvalue weighted by atomic mass is 9.54. The summed E-state index contributed by atoms with van der Waals surface area (Å²) in [7, 11) is 0. The van der Waals surface area contributed by atoms with Crippen LogP contribution >= 0.6 is 11.6 Å². The van der Waals surface area contributed by atoms with Crippen LogP contribution in [0.1, 0.15) is 39.2 Å². The average molecular weight is 327 g/mol. The molecule has 7 heteroatoms. The molecule has 0 spiro atoms. The zero-order valence-electron chi connectivity index (χ0n) is 13.0. The number of nitrogens with zero attached hydrogens (tertiary/aromatic N) is 3. The Hall–Kier alpha value is -1.11. The summed E-state index contributed by atoms with van der Waals surface area (Å²) in [5, 5.41) is 14.7. The van der Waals surface area contributed by atoms with Gasteiger partial charge >= 0.3 is 0 Å². The van der Waals surface area contributed by atoms with Gasteiger partial charge in [-0.25, -0.2) is 0 Å². The van der Waals surface area contributed by atoms with E-state index in [1.54, 1.807) is 6.20 Å². The maximum absolute atomic E-state index is 12.8. The van der Waals surface area contributed by atoms with E-state index in [0.717, 1.165) is 12.8 Å². The molecule has 2 atom stereocenters. The van der Waals surface area contributed by atoms with E-state index in [0.29, 0.717) is 24.5 Å². The van der Waals surface area contributed by atoms with Crippen LogP contribution in [-0.2, 0) is 4.79 Å². The molecule has 3 rings (SSSR count). The Bertz CT molecular complexity index is 580. The van der Waals surface area contributed by atoms with Crippen molar-refractivity contribution in [1.29, 1.82) is 0 Å². The minimum absolute atomic E-state index is 0.0419. The van der Waals surface area contributed by atoms with Crippen LogP contribution in [-0.4, -0.2) is 50.4 Å². The van der Waals surface area contributed by atoms with Gasteiger partial charge in [-0.2, -0.15) is 5.10 Å². The minimum atomic E-state index is -0.950.